The van der Waals surface area contributed by atoms with Gasteiger partial charge in [0.25, 0.3) is 0 Å². The van der Waals surface area contributed by atoms with Crippen molar-refractivity contribution in [2.45, 2.75) is 51.6 Å². The molecule has 10 heteroatoms. The molecule has 33 heavy (non-hydrogen) atoms. The number of fused-ring (bicyclic) bond motifs is 1. The van der Waals surface area contributed by atoms with Crippen molar-refractivity contribution in [3.8, 4) is 0 Å². The van der Waals surface area contributed by atoms with E-state index in [9.17, 15) is 13.2 Å². The number of hydrogen-bond donors (Lipinski definition) is 0. The summed E-state index contributed by atoms with van der Waals surface area (Å²) in [7, 11) is -0.457. The van der Waals surface area contributed by atoms with Gasteiger partial charge in [0.05, 0.1) is 29.1 Å². The molecule has 1 fully saturated rings. The zero-order chi connectivity index (χ0) is 24.2. The molecule has 9 nitrogen and oxygen atoms in total. The van der Waals surface area contributed by atoms with Gasteiger partial charge in [-0.3, -0.25) is 4.90 Å². The van der Waals surface area contributed by atoms with Crippen LogP contribution in [-0.2, 0) is 27.8 Å². The Hall–Kier alpha value is -2.17. The molecule has 1 saturated heterocycles. The quantitative estimate of drug-likeness (QED) is 0.578. The van der Waals surface area contributed by atoms with E-state index >= 15 is 0 Å². The summed E-state index contributed by atoms with van der Waals surface area (Å²) in [6.45, 7) is 11.0. The van der Waals surface area contributed by atoms with Gasteiger partial charge in [-0.1, -0.05) is 20.8 Å². The Bertz CT molecular complexity index is 1060. The minimum absolute atomic E-state index is 0.238. The molecule has 1 aromatic heterocycles. The molecule has 0 N–H and O–H groups in total. The van der Waals surface area contributed by atoms with Crippen LogP contribution in [0.4, 0.5) is 4.79 Å². The summed E-state index contributed by atoms with van der Waals surface area (Å²) in [5, 5.41) is 0. The molecule has 0 radical (unpaired) electrons. The van der Waals surface area contributed by atoms with Crippen molar-refractivity contribution in [2.24, 2.45) is 5.92 Å². The van der Waals surface area contributed by atoms with E-state index < -0.39 is 10.0 Å². The number of nitrogens with zero attached hydrogens (tertiary/aromatic N) is 5. The van der Waals surface area contributed by atoms with Crippen molar-refractivity contribution in [3.05, 3.63) is 24.0 Å². The van der Waals surface area contributed by atoms with Crippen LogP contribution in [0.3, 0.4) is 0 Å². The molecule has 184 valence electrons. The zero-order valence-corrected chi connectivity index (χ0v) is 21.3. The average molecular weight is 480 g/mol. The first-order chi connectivity index (χ1) is 15.6. The van der Waals surface area contributed by atoms with Crippen LogP contribution in [0, 0.1) is 5.92 Å². The van der Waals surface area contributed by atoms with Crippen LogP contribution in [0.1, 0.15) is 39.4 Å². The summed E-state index contributed by atoms with van der Waals surface area (Å²) >= 11 is 0. The lowest BCUT2D eigenvalue weighted by Gasteiger charge is -2.22. The Morgan fingerprint density at radius 1 is 1.18 bits per heavy atom. The van der Waals surface area contributed by atoms with Gasteiger partial charge in [0.2, 0.25) is 10.0 Å². The van der Waals surface area contributed by atoms with E-state index in [1.54, 1.807) is 17.0 Å². The molecule has 0 atom stereocenters. The first-order valence-electron chi connectivity index (χ1n) is 11.7. The maximum Gasteiger partial charge on any atom is 0.409 e. The molecular weight excluding hydrogens is 442 g/mol. The number of carbonyl (C=O) groups excluding carboxylic acids is 1. The highest BCUT2D eigenvalue weighted by Gasteiger charge is 2.23. The number of ether oxygens (including phenoxy) is 1. The van der Waals surface area contributed by atoms with E-state index in [-0.39, 0.29) is 11.0 Å². The predicted molar refractivity (Wildman–Crippen MR) is 129 cm³/mol. The number of imidazole rings is 1. The van der Waals surface area contributed by atoms with Crippen LogP contribution in [-0.4, -0.2) is 85.0 Å². The third-order valence-corrected chi connectivity index (χ3v) is 7.59. The van der Waals surface area contributed by atoms with Crippen molar-refractivity contribution >= 4 is 27.1 Å². The highest BCUT2D eigenvalue weighted by atomic mass is 32.2. The van der Waals surface area contributed by atoms with E-state index in [0.29, 0.717) is 37.7 Å². The van der Waals surface area contributed by atoms with Crippen LogP contribution in [0.5, 0.6) is 0 Å². The molecule has 0 saturated carbocycles. The van der Waals surface area contributed by atoms with Crippen LogP contribution >= 0.6 is 0 Å². The minimum Gasteiger partial charge on any atom is -0.449 e. The highest BCUT2D eigenvalue weighted by molar-refractivity contribution is 7.89. The minimum atomic E-state index is -3.52. The second kappa shape index (κ2) is 10.8. The van der Waals surface area contributed by atoms with Crippen molar-refractivity contribution < 1.29 is 17.9 Å². The van der Waals surface area contributed by atoms with Gasteiger partial charge in [0.1, 0.15) is 5.82 Å². The average Bonchev–Trinajstić information content (AvgIpc) is 2.93. The standard InChI is InChI=1S/C23H37N5O4S/c1-6-10-28-21-9-8-19(33(30,31)25(4)5)15-20(21)24-22(28)16-26-11-7-12-27(14-13-26)23(29)32-17-18(2)3/h8-9,15,18H,6-7,10-14,16-17H2,1-5H3. The first kappa shape index (κ1) is 25.5. The number of hydrogen-bond acceptors (Lipinski definition) is 6. The number of carbonyl (C=O) groups is 1. The normalized spacial score (nSPS) is 16.0. The Labute approximate surface area is 197 Å². The van der Waals surface area contributed by atoms with Crippen molar-refractivity contribution in [1.82, 2.24) is 23.7 Å². The van der Waals surface area contributed by atoms with E-state index in [2.05, 4.69) is 16.4 Å². The Balaban J connectivity index is 1.77. The molecule has 2 heterocycles. The van der Waals surface area contributed by atoms with Gasteiger partial charge in [0, 0.05) is 46.8 Å². The maximum atomic E-state index is 12.6. The smallest absolute Gasteiger partial charge is 0.409 e. The van der Waals surface area contributed by atoms with Gasteiger partial charge in [0.15, 0.2) is 0 Å². The summed E-state index contributed by atoms with van der Waals surface area (Å²) in [5.74, 6) is 1.24. The molecular formula is C23H37N5O4S. The van der Waals surface area contributed by atoms with Gasteiger partial charge in [-0.25, -0.2) is 22.5 Å². The van der Waals surface area contributed by atoms with Crippen LogP contribution < -0.4 is 0 Å². The topological polar surface area (TPSA) is 88.0 Å². The number of amides is 1. The van der Waals surface area contributed by atoms with E-state index in [0.717, 1.165) is 43.8 Å². The van der Waals surface area contributed by atoms with Crippen LogP contribution in [0.25, 0.3) is 11.0 Å². The maximum absolute atomic E-state index is 12.6. The Morgan fingerprint density at radius 3 is 2.61 bits per heavy atom. The van der Waals surface area contributed by atoms with Gasteiger partial charge in [-0.05, 0) is 37.0 Å². The summed E-state index contributed by atoms with van der Waals surface area (Å²) in [5.41, 5.74) is 1.63. The highest BCUT2D eigenvalue weighted by Crippen LogP contribution is 2.23. The molecule has 3 rings (SSSR count). The van der Waals surface area contributed by atoms with Gasteiger partial charge in [-0.2, -0.15) is 0 Å². The summed E-state index contributed by atoms with van der Waals surface area (Å²) in [6, 6.07) is 5.17. The largest absolute Gasteiger partial charge is 0.449 e. The zero-order valence-electron chi connectivity index (χ0n) is 20.5. The lowest BCUT2D eigenvalue weighted by molar-refractivity contribution is 0.0929. The summed E-state index contributed by atoms with van der Waals surface area (Å²) in [4.78, 5) is 21.5. The van der Waals surface area contributed by atoms with Crippen molar-refractivity contribution in [3.63, 3.8) is 0 Å². The Kier molecular flexibility index (Phi) is 8.36. The van der Waals surface area contributed by atoms with Gasteiger partial charge < -0.3 is 14.2 Å². The van der Waals surface area contributed by atoms with E-state index in [4.69, 9.17) is 9.72 Å². The van der Waals surface area contributed by atoms with Crippen molar-refractivity contribution in [1.29, 1.82) is 0 Å². The lowest BCUT2D eigenvalue weighted by Crippen LogP contribution is -2.36. The fourth-order valence-electron chi connectivity index (χ4n) is 3.97. The van der Waals surface area contributed by atoms with Crippen LogP contribution in [0.15, 0.2) is 23.1 Å². The van der Waals surface area contributed by atoms with Gasteiger partial charge >= 0.3 is 6.09 Å². The molecule has 1 aliphatic heterocycles. The molecule has 0 aliphatic carbocycles. The molecule has 0 unspecified atom stereocenters. The number of sulfonamides is 1. The molecule has 1 aromatic carbocycles. The summed E-state index contributed by atoms with van der Waals surface area (Å²) in [6.07, 6.45) is 1.58. The molecule has 0 spiro atoms. The third-order valence-electron chi connectivity index (χ3n) is 5.78. The summed E-state index contributed by atoms with van der Waals surface area (Å²) < 4.78 is 33.9. The first-order valence-corrected chi connectivity index (χ1v) is 13.1. The van der Waals surface area contributed by atoms with Crippen molar-refractivity contribution in [2.75, 3.05) is 46.9 Å². The number of aryl methyl sites for hydroxylation is 1. The predicted octanol–water partition coefficient (Wildman–Crippen LogP) is 3.00. The third kappa shape index (κ3) is 6.04. The SMILES string of the molecule is CCCn1c(CN2CCCN(C(=O)OCC(C)C)CC2)nc2cc(S(=O)(=O)N(C)C)ccc21. The fraction of sp³-hybridized carbons (Fsp3) is 0.652. The second-order valence-corrected chi connectivity index (χ2v) is 11.4. The number of aromatic nitrogens is 2. The van der Waals surface area contributed by atoms with Crippen LogP contribution in [0.2, 0.25) is 0 Å². The lowest BCUT2D eigenvalue weighted by atomic mass is 10.2. The monoisotopic (exact) mass is 479 g/mol. The molecule has 1 aliphatic rings. The number of rotatable bonds is 8. The fourth-order valence-corrected chi connectivity index (χ4v) is 4.89. The molecule has 1 amide bonds. The second-order valence-electron chi connectivity index (χ2n) is 9.21. The molecule has 2 aromatic rings. The van der Waals surface area contributed by atoms with Gasteiger partial charge in [-0.15, -0.1) is 0 Å². The van der Waals surface area contributed by atoms with E-state index in [1.807, 2.05) is 19.9 Å². The molecule has 0 bridgehead atoms. The number of benzene rings is 1. The Morgan fingerprint density at radius 2 is 1.94 bits per heavy atom. The van der Waals surface area contributed by atoms with E-state index in [1.165, 1.54) is 18.4 Å².